The molecule has 3 aliphatic rings. The topological polar surface area (TPSA) is 137 Å². The highest BCUT2D eigenvalue weighted by molar-refractivity contribution is 7.10. The molecule has 4 heterocycles. The van der Waals surface area contributed by atoms with Crippen LogP contribution in [0.25, 0.3) is 10.8 Å². The zero-order valence-corrected chi connectivity index (χ0v) is 36.1. The predicted octanol–water partition coefficient (Wildman–Crippen LogP) is 10.4. The smallest absolute Gasteiger partial charge is 0.410 e. The van der Waals surface area contributed by atoms with Crippen LogP contribution in [0.15, 0.2) is 53.2 Å². The quantitative estimate of drug-likeness (QED) is 0.105. The lowest BCUT2D eigenvalue weighted by Gasteiger charge is -2.32. The number of esters is 2. The van der Waals surface area contributed by atoms with Crippen LogP contribution in [0.5, 0.6) is 5.75 Å². The van der Waals surface area contributed by atoms with Gasteiger partial charge in [0.25, 0.3) is 0 Å². The van der Waals surface area contributed by atoms with Gasteiger partial charge >= 0.3 is 24.1 Å². The van der Waals surface area contributed by atoms with Gasteiger partial charge in [0.1, 0.15) is 23.1 Å². The number of benzene rings is 2. The van der Waals surface area contributed by atoms with Gasteiger partial charge in [0.15, 0.2) is 11.4 Å². The van der Waals surface area contributed by atoms with Crippen molar-refractivity contribution in [1.29, 1.82) is 0 Å². The molecule has 0 N–H and O–H groups in total. The number of carbonyl (C=O) groups is 4. The van der Waals surface area contributed by atoms with E-state index in [1.165, 1.54) is 29.1 Å². The fraction of sp³-hybridized carbons (Fsp3) is 0.545. The molecule has 1 aliphatic carbocycles. The minimum atomic E-state index is -0.497. The number of hydrogen-bond donors (Lipinski definition) is 0. The first-order valence-electron chi connectivity index (χ1n) is 20.4. The van der Waals surface area contributed by atoms with Crippen LogP contribution in [0, 0.1) is 0 Å². The minimum absolute atomic E-state index is 0.0495. The molecule has 58 heavy (non-hydrogen) atoms. The van der Waals surface area contributed by atoms with Gasteiger partial charge in [0.05, 0.1) is 10.0 Å². The molecule has 0 bridgehead atoms. The van der Waals surface area contributed by atoms with Crippen LogP contribution in [0.2, 0.25) is 0 Å². The van der Waals surface area contributed by atoms with E-state index < -0.39 is 17.2 Å². The molecule has 7 rings (SSSR count). The molecule has 0 unspecified atom stereocenters. The van der Waals surface area contributed by atoms with Crippen LogP contribution in [-0.4, -0.2) is 87.4 Å². The molecule has 2 saturated heterocycles. The van der Waals surface area contributed by atoms with Gasteiger partial charge < -0.3 is 28.7 Å². The van der Waals surface area contributed by atoms with E-state index in [9.17, 15) is 19.2 Å². The van der Waals surface area contributed by atoms with Gasteiger partial charge in [0, 0.05) is 54.2 Å². The predicted molar refractivity (Wildman–Crippen MR) is 225 cm³/mol. The van der Waals surface area contributed by atoms with Crippen LogP contribution in [0.1, 0.15) is 142 Å². The van der Waals surface area contributed by atoms with Crippen molar-refractivity contribution in [3.8, 4) is 5.75 Å². The summed E-state index contributed by atoms with van der Waals surface area (Å²) in [6.45, 7) is 13.8. The van der Waals surface area contributed by atoms with E-state index in [2.05, 4.69) is 9.97 Å². The van der Waals surface area contributed by atoms with E-state index in [1.807, 2.05) is 77.9 Å². The molecule has 14 heteroatoms. The molecule has 0 spiro atoms. The second-order valence-electron chi connectivity index (χ2n) is 17.2. The maximum atomic E-state index is 12.7. The number of rotatable bonds is 6. The Morgan fingerprint density at radius 1 is 0.621 bits per heavy atom. The molecule has 12 nitrogen and oxygen atoms in total. The second kappa shape index (κ2) is 19.0. The third kappa shape index (κ3) is 12.0. The van der Waals surface area contributed by atoms with Crippen LogP contribution in [0.3, 0.4) is 0 Å². The number of ether oxygens (including phenoxy) is 4. The Balaban J connectivity index is 0.000000198. The van der Waals surface area contributed by atoms with Gasteiger partial charge in [-0.15, -0.1) is 22.7 Å². The van der Waals surface area contributed by atoms with E-state index in [-0.39, 0.29) is 36.1 Å². The molecular weight excluding hydrogens is 777 g/mol. The van der Waals surface area contributed by atoms with Crippen molar-refractivity contribution in [2.24, 2.45) is 0 Å². The molecule has 0 atom stereocenters. The zero-order valence-electron chi connectivity index (χ0n) is 34.5. The normalized spacial score (nSPS) is 17.3. The minimum Gasteiger partial charge on any atom is -0.458 e. The Hall–Kier alpha value is -4.56. The van der Waals surface area contributed by atoms with E-state index in [0.29, 0.717) is 43.3 Å². The molecule has 4 aromatic rings. The standard InChI is InChI=1S/C24H26N2O4S.C20H30N2O4S/c1-24(2,3)30-23(28)26-13-11-17(12-14-26)21-25-19(15-31-21)22(27)29-20-10-6-8-16-7-4-5-9-18(16)20;1-20(2,3)26-19(24)22-11-9-14(10-12-22)17-21-16(13-27-17)18(23)25-15-7-5-4-6-8-15/h4-10,15,17H,11-14H2,1-3H3;13-15H,4-12H2,1-3H3. The van der Waals surface area contributed by atoms with Gasteiger partial charge in [-0.25, -0.2) is 29.1 Å². The maximum Gasteiger partial charge on any atom is 0.410 e. The number of fused-ring (bicyclic) bond motifs is 1. The first-order valence-corrected chi connectivity index (χ1v) is 22.2. The average Bonchev–Trinajstić information content (AvgIpc) is 3.90. The Labute approximate surface area is 349 Å². The molecular formula is C44H56N4O8S2. The second-order valence-corrected chi connectivity index (χ2v) is 18.9. The van der Waals surface area contributed by atoms with E-state index in [0.717, 1.165) is 72.2 Å². The van der Waals surface area contributed by atoms with Gasteiger partial charge in [-0.3, -0.25) is 0 Å². The molecule has 2 aromatic carbocycles. The molecule has 0 radical (unpaired) electrons. The summed E-state index contributed by atoms with van der Waals surface area (Å²) in [5.74, 6) is 0.289. The lowest BCUT2D eigenvalue weighted by molar-refractivity contribution is 0.0192. The van der Waals surface area contributed by atoms with Crippen molar-refractivity contribution < 1.29 is 38.1 Å². The van der Waals surface area contributed by atoms with Crippen LogP contribution >= 0.6 is 22.7 Å². The molecule has 2 aliphatic heterocycles. The third-order valence-electron chi connectivity index (χ3n) is 10.2. The first-order chi connectivity index (χ1) is 27.6. The highest BCUT2D eigenvalue weighted by atomic mass is 32.1. The number of carbonyl (C=O) groups excluding carboxylic acids is 4. The number of hydrogen-bond acceptors (Lipinski definition) is 12. The number of likely N-dealkylation sites (tertiary alicyclic amines) is 2. The molecule has 2 aromatic heterocycles. The zero-order chi connectivity index (χ0) is 41.5. The maximum absolute atomic E-state index is 12.7. The van der Waals surface area contributed by atoms with E-state index in [1.54, 1.807) is 26.6 Å². The molecule has 2 amide bonds. The summed E-state index contributed by atoms with van der Waals surface area (Å²) in [4.78, 5) is 62.0. The van der Waals surface area contributed by atoms with Gasteiger partial charge in [0.2, 0.25) is 0 Å². The average molecular weight is 833 g/mol. The van der Waals surface area contributed by atoms with Crippen molar-refractivity contribution in [3.05, 3.63) is 74.6 Å². The van der Waals surface area contributed by atoms with Gasteiger partial charge in [-0.1, -0.05) is 42.8 Å². The Kier molecular flexibility index (Phi) is 14.1. The summed E-state index contributed by atoms with van der Waals surface area (Å²) in [6.07, 6.45) is 8.22. The van der Waals surface area contributed by atoms with Crippen molar-refractivity contribution in [3.63, 3.8) is 0 Å². The summed E-state index contributed by atoms with van der Waals surface area (Å²) in [5, 5.41) is 7.35. The first kappa shape index (κ1) is 43.0. The molecule has 312 valence electrons. The number of piperidine rings is 2. The Morgan fingerprint density at radius 3 is 1.62 bits per heavy atom. The molecule has 1 saturated carbocycles. The van der Waals surface area contributed by atoms with Gasteiger partial charge in [-0.05, 0) is 104 Å². The van der Waals surface area contributed by atoms with Gasteiger partial charge in [-0.2, -0.15) is 0 Å². The van der Waals surface area contributed by atoms with Crippen LogP contribution < -0.4 is 4.74 Å². The van der Waals surface area contributed by atoms with Crippen molar-refractivity contribution in [2.75, 3.05) is 26.2 Å². The molecule has 3 fully saturated rings. The Morgan fingerprint density at radius 2 is 1.10 bits per heavy atom. The van der Waals surface area contributed by atoms with Crippen LogP contribution in [0.4, 0.5) is 9.59 Å². The summed E-state index contributed by atoms with van der Waals surface area (Å²) in [7, 11) is 0. The highest BCUT2D eigenvalue weighted by Crippen LogP contribution is 2.33. The van der Waals surface area contributed by atoms with Crippen molar-refractivity contribution >= 4 is 57.6 Å². The van der Waals surface area contributed by atoms with E-state index >= 15 is 0 Å². The Bertz CT molecular complexity index is 2020. The number of thiazole rings is 2. The largest absolute Gasteiger partial charge is 0.458 e. The highest BCUT2D eigenvalue weighted by Gasteiger charge is 2.31. The number of aromatic nitrogens is 2. The number of amides is 2. The third-order valence-corrected chi connectivity index (χ3v) is 12.2. The van der Waals surface area contributed by atoms with Crippen LogP contribution in [-0.2, 0) is 14.2 Å². The summed E-state index contributed by atoms with van der Waals surface area (Å²) >= 11 is 2.99. The summed E-state index contributed by atoms with van der Waals surface area (Å²) in [5.41, 5.74) is -0.225. The SMILES string of the molecule is CC(C)(C)OC(=O)N1CCC(c2nc(C(=O)OC3CCCCC3)cs2)CC1.CC(C)(C)OC(=O)N1CCC(c2nc(C(=O)Oc3cccc4ccccc34)cs2)CC1. The van der Waals surface area contributed by atoms with Crippen molar-refractivity contribution in [1.82, 2.24) is 19.8 Å². The lowest BCUT2D eigenvalue weighted by Crippen LogP contribution is -2.41. The monoisotopic (exact) mass is 832 g/mol. The van der Waals surface area contributed by atoms with E-state index in [4.69, 9.17) is 18.9 Å². The fourth-order valence-corrected chi connectivity index (χ4v) is 9.16. The fourth-order valence-electron chi connectivity index (χ4n) is 7.24. The summed E-state index contributed by atoms with van der Waals surface area (Å²) < 4.78 is 22.1. The summed E-state index contributed by atoms with van der Waals surface area (Å²) in [6, 6.07) is 13.4. The number of nitrogens with zero attached hydrogens (tertiary/aromatic N) is 4. The lowest BCUT2D eigenvalue weighted by atomic mass is 9.98. The van der Waals surface area contributed by atoms with Crippen molar-refractivity contribution in [2.45, 2.75) is 128 Å².